The SMILES string of the molecule is Cc1cc(C)cc(N([C@H]2[C@H]3CC[C@@](C)([C@H]2O)C3(C)C)S(=O)(=O)c2ccccc2)c1. The van der Waals surface area contributed by atoms with Gasteiger partial charge >= 0.3 is 0 Å². The fourth-order valence-corrected chi connectivity index (χ4v) is 7.53. The second kappa shape index (κ2) is 6.58. The minimum absolute atomic E-state index is 0.0989. The number of aliphatic hydroxyl groups excluding tert-OH is 1. The molecule has 0 amide bonds. The quantitative estimate of drug-likeness (QED) is 0.791. The molecule has 0 aromatic heterocycles. The van der Waals surface area contributed by atoms with Gasteiger partial charge in [-0.2, -0.15) is 0 Å². The summed E-state index contributed by atoms with van der Waals surface area (Å²) in [5.41, 5.74) is 2.22. The van der Waals surface area contributed by atoms with Crippen molar-refractivity contribution in [1.29, 1.82) is 0 Å². The lowest BCUT2D eigenvalue weighted by Gasteiger charge is -2.40. The van der Waals surface area contributed by atoms with E-state index in [9.17, 15) is 13.5 Å². The van der Waals surface area contributed by atoms with Crippen LogP contribution in [0.1, 0.15) is 44.7 Å². The predicted molar refractivity (Wildman–Crippen MR) is 116 cm³/mol. The Morgan fingerprint density at radius 2 is 1.59 bits per heavy atom. The van der Waals surface area contributed by atoms with Gasteiger partial charge in [-0.05, 0) is 73.4 Å². The van der Waals surface area contributed by atoms with Gasteiger partial charge in [-0.3, -0.25) is 4.31 Å². The highest BCUT2D eigenvalue weighted by Crippen LogP contribution is 2.67. The molecule has 5 heteroatoms. The van der Waals surface area contributed by atoms with Crippen LogP contribution in [0.25, 0.3) is 0 Å². The second-order valence-electron chi connectivity index (χ2n) is 9.68. The minimum Gasteiger partial charge on any atom is -0.390 e. The van der Waals surface area contributed by atoms with Crippen molar-refractivity contribution in [1.82, 2.24) is 0 Å². The highest BCUT2D eigenvalue weighted by Gasteiger charge is 2.68. The molecule has 2 aliphatic rings. The average Bonchev–Trinajstić information content (AvgIpc) is 2.95. The van der Waals surface area contributed by atoms with E-state index in [1.54, 1.807) is 24.3 Å². The Morgan fingerprint density at radius 3 is 2.10 bits per heavy atom. The van der Waals surface area contributed by atoms with E-state index in [2.05, 4.69) is 20.8 Å². The van der Waals surface area contributed by atoms with Crippen LogP contribution >= 0.6 is 0 Å². The third-order valence-corrected chi connectivity index (χ3v) is 9.63. The number of aliphatic hydroxyl groups is 1. The third-order valence-electron chi connectivity index (χ3n) is 7.79. The summed E-state index contributed by atoms with van der Waals surface area (Å²) in [6, 6.07) is 14.0. The van der Waals surface area contributed by atoms with E-state index in [0.29, 0.717) is 5.69 Å². The van der Waals surface area contributed by atoms with Crippen LogP contribution in [0.4, 0.5) is 5.69 Å². The predicted octanol–water partition coefficient (Wildman–Crippen LogP) is 4.68. The highest BCUT2D eigenvalue weighted by molar-refractivity contribution is 7.92. The maximum absolute atomic E-state index is 13.9. The van der Waals surface area contributed by atoms with Crippen LogP contribution in [0.3, 0.4) is 0 Å². The molecule has 29 heavy (non-hydrogen) atoms. The van der Waals surface area contributed by atoms with Crippen molar-refractivity contribution in [2.24, 2.45) is 16.7 Å². The Bertz CT molecular complexity index is 1010. The Kier molecular flexibility index (Phi) is 4.63. The number of hydrogen-bond acceptors (Lipinski definition) is 3. The van der Waals surface area contributed by atoms with Crippen molar-refractivity contribution in [2.75, 3.05) is 4.31 Å². The van der Waals surface area contributed by atoms with Gasteiger partial charge in [0.1, 0.15) is 0 Å². The molecule has 0 saturated heterocycles. The van der Waals surface area contributed by atoms with Crippen molar-refractivity contribution >= 4 is 15.7 Å². The molecule has 0 aliphatic heterocycles. The summed E-state index contributed by atoms with van der Waals surface area (Å²) < 4.78 is 29.3. The maximum Gasteiger partial charge on any atom is 0.264 e. The molecule has 1 N–H and O–H groups in total. The van der Waals surface area contributed by atoms with Crippen LogP contribution in [0.5, 0.6) is 0 Å². The van der Waals surface area contributed by atoms with Gasteiger partial charge in [-0.1, -0.05) is 45.0 Å². The van der Waals surface area contributed by atoms with Gasteiger partial charge in [0.25, 0.3) is 10.0 Å². The summed E-state index contributed by atoms with van der Waals surface area (Å²) in [7, 11) is -3.83. The number of benzene rings is 2. The molecule has 4 nitrogen and oxygen atoms in total. The summed E-state index contributed by atoms with van der Waals surface area (Å²) in [4.78, 5) is 0.261. The number of hydrogen-bond donors (Lipinski definition) is 1. The summed E-state index contributed by atoms with van der Waals surface area (Å²) >= 11 is 0. The summed E-state index contributed by atoms with van der Waals surface area (Å²) in [6.45, 7) is 10.4. The number of anilines is 1. The zero-order chi connectivity index (χ0) is 21.2. The molecule has 0 unspecified atom stereocenters. The molecule has 0 radical (unpaired) electrons. The number of nitrogens with zero attached hydrogens (tertiary/aromatic N) is 1. The summed E-state index contributed by atoms with van der Waals surface area (Å²) in [5.74, 6) is 0.0989. The van der Waals surface area contributed by atoms with E-state index >= 15 is 0 Å². The first-order chi connectivity index (χ1) is 13.5. The average molecular weight is 414 g/mol. The van der Waals surface area contributed by atoms with Gasteiger partial charge in [0.15, 0.2) is 0 Å². The minimum atomic E-state index is -3.83. The molecule has 2 aromatic rings. The topological polar surface area (TPSA) is 57.6 Å². The van der Waals surface area contributed by atoms with Crippen molar-refractivity contribution in [2.45, 2.75) is 64.5 Å². The van der Waals surface area contributed by atoms with Crippen LogP contribution in [0, 0.1) is 30.6 Å². The van der Waals surface area contributed by atoms with Gasteiger partial charge in [0, 0.05) is 5.41 Å². The Hall–Kier alpha value is -1.85. The standard InChI is InChI=1S/C24H31NO3S/c1-16-13-17(2)15-18(14-16)25(29(27,28)19-9-7-6-8-10-19)21-20-11-12-24(5,22(21)26)23(20,3)4/h6-10,13-15,20-22,26H,11-12H2,1-5H3/t20-,21+,22+,24+/m1/s1. The molecule has 4 rings (SSSR count). The lowest BCUT2D eigenvalue weighted by Crippen LogP contribution is -2.52. The van der Waals surface area contributed by atoms with E-state index in [1.807, 2.05) is 38.1 Å². The number of rotatable bonds is 4. The van der Waals surface area contributed by atoms with Crippen molar-refractivity contribution in [3.05, 3.63) is 59.7 Å². The fourth-order valence-electron chi connectivity index (χ4n) is 5.83. The van der Waals surface area contributed by atoms with Crippen LogP contribution in [-0.2, 0) is 10.0 Å². The van der Waals surface area contributed by atoms with E-state index in [0.717, 1.165) is 24.0 Å². The first kappa shape index (κ1) is 20.4. The van der Waals surface area contributed by atoms with Crippen LogP contribution < -0.4 is 4.31 Å². The number of sulfonamides is 1. The third kappa shape index (κ3) is 2.85. The summed E-state index contributed by atoms with van der Waals surface area (Å²) in [6.07, 6.45) is 1.14. The fraction of sp³-hybridized carbons (Fsp3) is 0.500. The molecule has 4 atom stereocenters. The van der Waals surface area contributed by atoms with Gasteiger partial charge in [-0.25, -0.2) is 8.42 Å². The van der Waals surface area contributed by atoms with Gasteiger partial charge in [0.2, 0.25) is 0 Å². The molecule has 0 spiro atoms. The van der Waals surface area contributed by atoms with E-state index in [1.165, 1.54) is 4.31 Å². The van der Waals surface area contributed by atoms with Gasteiger partial charge in [0.05, 0.1) is 22.7 Å². The first-order valence-corrected chi connectivity index (χ1v) is 11.8. The molecule has 2 aliphatic carbocycles. The van der Waals surface area contributed by atoms with E-state index in [4.69, 9.17) is 0 Å². The van der Waals surface area contributed by atoms with Crippen LogP contribution in [0.15, 0.2) is 53.4 Å². The van der Waals surface area contributed by atoms with E-state index < -0.39 is 22.2 Å². The summed E-state index contributed by atoms with van der Waals surface area (Å²) in [5, 5.41) is 11.4. The molecule has 156 valence electrons. The van der Waals surface area contributed by atoms with Crippen LogP contribution in [-0.4, -0.2) is 25.7 Å². The molecular formula is C24H31NO3S. The molecule has 2 bridgehead atoms. The zero-order valence-corrected chi connectivity index (χ0v) is 18.7. The Morgan fingerprint density at radius 1 is 1.00 bits per heavy atom. The van der Waals surface area contributed by atoms with Crippen molar-refractivity contribution < 1.29 is 13.5 Å². The van der Waals surface area contributed by atoms with Crippen molar-refractivity contribution in [3.8, 4) is 0 Å². The monoisotopic (exact) mass is 413 g/mol. The molecule has 2 saturated carbocycles. The number of aryl methyl sites for hydroxylation is 2. The Balaban J connectivity index is 1.93. The molecule has 2 aromatic carbocycles. The zero-order valence-electron chi connectivity index (χ0n) is 17.9. The second-order valence-corrected chi connectivity index (χ2v) is 11.5. The van der Waals surface area contributed by atoms with Gasteiger partial charge < -0.3 is 5.11 Å². The lowest BCUT2D eigenvalue weighted by atomic mass is 9.70. The van der Waals surface area contributed by atoms with Crippen LogP contribution in [0.2, 0.25) is 0 Å². The van der Waals surface area contributed by atoms with Crippen molar-refractivity contribution in [3.63, 3.8) is 0 Å². The molecular weight excluding hydrogens is 382 g/mol. The smallest absolute Gasteiger partial charge is 0.264 e. The first-order valence-electron chi connectivity index (χ1n) is 10.4. The normalized spacial score (nSPS) is 30.5. The Labute approximate surface area is 174 Å². The highest BCUT2D eigenvalue weighted by atomic mass is 32.2. The maximum atomic E-state index is 13.9. The largest absolute Gasteiger partial charge is 0.390 e. The molecule has 0 heterocycles. The lowest BCUT2D eigenvalue weighted by molar-refractivity contribution is 0.00654. The van der Waals surface area contributed by atoms with E-state index in [-0.39, 0.29) is 21.6 Å². The van der Waals surface area contributed by atoms with Gasteiger partial charge in [-0.15, -0.1) is 0 Å². The molecule has 2 fully saturated rings. The number of fused-ring (bicyclic) bond motifs is 2.